The lowest BCUT2D eigenvalue weighted by Crippen LogP contribution is -2.13. The molecule has 0 aliphatic heterocycles. The molecule has 2 aromatic rings. The van der Waals surface area contributed by atoms with Gasteiger partial charge in [-0.3, -0.25) is 5.84 Å². The molecule has 0 unspecified atom stereocenters. The number of nitrogens with zero attached hydrogens (tertiary/aromatic N) is 1. The van der Waals surface area contributed by atoms with E-state index in [4.69, 9.17) is 10.6 Å². The van der Waals surface area contributed by atoms with Crippen molar-refractivity contribution >= 4 is 16.6 Å². The Kier molecular flexibility index (Phi) is 3.57. The van der Waals surface area contributed by atoms with Gasteiger partial charge in [0.1, 0.15) is 17.1 Å². The summed E-state index contributed by atoms with van der Waals surface area (Å²) >= 11 is 0. The van der Waals surface area contributed by atoms with Gasteiger partial charge in [0.25, 0.3) is 0 Å². The van der Waals surface area contributed by atoms with Crippen molar-refractivity contribution in [1.29, 1.82) is 0 Å². The summed E-state index contributed by atoms with van der Waals surface area (Å²) in [6.45, 7) is 6.01. The number of hydrogen-bond acceptors (Lipinski definition) is 4. The number of hydrazine groups is 1. The smallest absolute Gasteiger partial charge is 0.148 e. The van der Waals surface area contributed by atoms with Crippen LogP contribution in [0.5, 0.6) is 5.75 Å². The molecule has 0 fully saturated rings. The second-order valence-electron chi connectivity index (χ2n) is 4.79. The van der Waals surface area contributed by atoms with Crippen molar-refractivity contribution in [2.75, 3.05) is 12.5 Å². The van der Waals surface area contributed by atoms with E-state index in [1.807, 2.05) is 20.8 Å². The highest BCUT2D eigenvalue weighted by molar-refractivity contribution is 5.96. The Morgan fingerprint density at radius 1 is 1.37 bits per heavy atom. The third-order valence-electron chi connectivity index (χ3n) is 3.19. The topological polar surface area (TPSA) is 60.2 Å². The van der Waals surface area contributed by atoms with Gasteiger partial charge >= 0.3 is 0 Å². The molecule has 0 amide bonds. The molecule has 0 aliphatic carbocycles. The van der Waals surface area contributed by atoms with Crippen LogP contribution in [0.15, 0.2) is 12.1 Å². The van der Waals surface area contributed by atoms with Gasteiger partial charge in [-0.1, -0.05) is 13.8 Å². The first kappa shape index (κ1) is 13.5. The summed E-state index contributed by atoms with van der Waals surface area (Å²) in [5, 5.41) is 0.633. The van der Waals surface area contributed by atoms with E-state index in [9.17, 15) is 4.39 Å². The highest BCUT2D eigenvalue weighted by Crippen LogP contribution is 2.36. The first-order chi connectivity index (χ1) is 8.99. The zero-order chi connectivity index (χ0) is 14.2. The predicted molar refractivity (Wildman–Crippen MR) is 74.9 cm³/mol. The largest absolute Gasteiger partial charge is 0.494 e. The van der Waals surface area contributed by atoms with Gasteiger partial charge in [-0.25, -0.2) is 9.37 Å². The monoisotopic (exact) mass is 263 g/mol. The van der Waals surface area contributed by atoms with Crippen LogP contribution in [0.25, 0.3) is 10.9 Å². The first-order valence-corrected chi connectivity index (χ1v) is 6.14. The Morgan fingerprint density at radius 3 is 2.58 bits per heavy atom. The van der Waals surface area contributed by atoms with Crippen LogP contribution in [-0.2, 0) is 0 Å². The Labute approximate surface area is 111 Å². The number of aromatic nitrogens is 1. The van der Waals surface area contributed by atoms with Gasteiger partial charge in [0, 0.05) is 22.7 Å². The van der Waals surface area contributed by atoms with Crippen molar-refractivity contribution < 1.29 is 9.13 Å². The van der Waals surface area contributed by atoms with E-state index in [0.717, 1.165) is 11.3 Å². The molecule has 5 heteroatoms. The summed E-state index contributed by atoms with van der Waals surface area (Å²) in [5.74, 6) is 5.89. The van der Waals surface area contributed by atoms with Gasteiger partial charge < -0.3 is 10.2 Å². The van der Waals surface area contributed by atoms with Crippen LogP contribution >= 0.6 is 0 Å². The van der Waals surface area contributed by atoms with Crippen LogP contribution in [0.4, 0.5) is 10.1 Å². The van der Waals surface area contributed by atoms with Crippen LogP contribution in [-0.4, -0.2) is 12.1 Å². The number of hydrogen-bond donors (Lipinski definition) is 2. The normalized spacial score (nSPS) is 11.1. The van der Waals surface area contributed by atoms with Crippen molar-refractivity contribution in [3.05, 3.63) is 29.2 Å². The molecule has 1 heterocycles. The number of pyridine rings is 1. The van der Waals surface area contributed by atoms with Crippen molar-refractivity contribution in [3.63, 3.8) is 0 Å². The third-order valence-corrected chi connectivity index (χ3v) is 3.19. The average molecular weight is 263 g/mol. The maximum atomic E-state index is 13.7. The third kappa shape index (κ3) is 2.21. The molecule has 3 N–H and O–H groups in total. The fourth-order valence-corrected chi connectivity index (χ4v) is 2.45. The molecule has 0 saturated heterocycles. The van der Waals surface area contributed by atoms with Gasteiger partial charge in [0.05, 0.1) is 12.8 Å². The van der Waals surface area contributed by atoms with E-state index in [1.165, 1.54) is 19.2 Å². The number of aryl methyl sites for hydroxylation is 1. The van der Waals surface area contributed by atoms with Crippen LogP contribution in [0.2, 0.25) is 0 Å². The lowest BCUT2D eigenvalue weighted by molar-refractivity contribution is 0.415. The summed E-state index contributed by atoms with van der Waals surface area (Å²) in [4.78, 5) is 4.53. The predicted octanol–water partition coefficient (Wildman–Crippen LogP) is 3.10. The Bertz CT molecular complexity index is 626. The van der Waals surface area contributed by atoms with Gasteiger partial charge in [-0.15, -0.1) is 0 Å². The van der Waals surface area contributed by atoms with Crippen molar-refractivity contribution in [1.82, 2.24) is 4.98 Å². The Balaban J connectivity index is 2.93. The number of fused-ring (bicyclic) bond motifs is 1. The summed E-state index contributed by atoms with van der Waals surface area (Å²) in [6, 6.07) is 2.75. The maximum Gasteiger partial charge on any atom is 0.148 e. The first-order valence-electron chi connectivity index (χ1n) is 6.14. The second kappa shape index (κ2) is 5.01. The number of methoxy groups -OCH3 is 1. The maximum absolute atomic E-state index is 13.7. The summed E-state index contributed by atoms with van der Waals surface area (Å²) in [6.07, 6.45) is 0. The van der Waals surface area contributed by atoms with Crippen molar-refractivity contribution in [2.24, 2.45) is 5.84 Å². The quantitative estimate of drug-likeness (QED) is 0.660. The molecule has 4 nitrogen and oxygen atoms in total. The average Bonchev–Trinajstić information content (AvgIpc) is 2.36. The van der Waals surface area contributed by atoms with Crippen LogP contribution in [0.1, 0.15) is 31.0 Å². The molecule has 0 aliphatic rings. The molecule has 0 spiro atoms. The van der Waals surface area contributed by atoms with Gasteiger partial charge in [0.2, 0.25) is 0 Å². The molecule has 1 aromatic carbocycles. The lowest BCUT2D eigenvalue weighted by Gasteiger charge is -2.18. The van der Waals surface area contributed by atoms with Crippen LogP contribution in [0.3, 0.4) is 0 Å². The molecular formula is C14H18FN3O. The Morgan fingerprint density at radius 2 is 2.05 bits per heavy atom. The van der Waals surface area contributed by atoms with Crippen LogP contribution in [0, 0.1) is 12.7 Å². The molecule has 0 bridgehead atoms. The number of ether oxygens (including phenoxy) is 1. The van der Waals surface area contributed by atoms with E-state index in [1.54, 1.807) is 0 Å². The zero-order valence-electron chi connectivity index (χ0n) is 11.5. The van der Waals surface area contributed by atoms with E-state index in [2.05, 4.69) is 10.4 Å². The van der Waals surface area contributed by atoms with E-state index in [-0.39, 0.29) is 11.7 Å². The SMILES string of the molecule is COc1cc(F)cc2c(NN)c(C(C)C)c(C)nc12. The number of rotatable bonds is 3. The van der Waals surface area contributed by atoms with E-state index < -0.39 is 0 Å². The molecule has 0 saturated carbocycles. The number of nitrogen functional groups attached to an aromatic ring is 1. The molecule has 1 aromatic heterocycles. The zero-order valence-corrected chi connectivity index (χ0v) is 11.5. The summed E-state index contributed by atoms with van der Waals surface area (Å²) in [5.41, 5.74) is 5.84. The minimum Gasteiger partial charge on any atom is -0.494 e. The van der Waals surface area contributed by atoms with Gasteiger partial charge in [0.15, 0.2) is 0 Å². The fraction of sp³-hybridized carbons (Fsp3) is 0.357. The minimum absolute atomic E-state index is 0.234. The standard InChI is InChI=1S/C14H18FN3O/c1-7(2)12-8(3)17-13-10(14(12)18-16)5-9(15)6-11(13)19-4/h5-7H,16H2,1-4H3,(H,17,18). The molecule has 2 rings (SSSR count). The van der Waals surface area contributed by atoms with Crippen molar-refractivity contribution in [3.8, 4) is 5.75 Å². The second-order valence-corrected chi connectivity index (χ2v) is 4.79. The van der Waals surface area contributed by atoms with Crippen molar-refractivity contribution in [2.45, 2.75) is 26.7 Å². The fourth-order valence-electron chi connectivity index (χ4n) is 2.45. The molecular weight excluding hydrogens is 245 g/mol. The molecule has 102 valence electrons. The highest BCUT2D eigenvalue weighted by atomic mass is 19.1. The highest BCUT2D eigenvalue weighted by Gasteiger charge is 2.18. The number of anilines is 1. The Hall–Kier alpha value is -1.88. The number of benzene rings is 1. The number of nitrogens with one attached hydrogen (secondary N) is 1. The van der Waals surface area contributed by atoms with Gasteiger partial charge in [-0.2, -0.15) is 0 Å². The molecule has 0 atom stereocenters. The lowest BCUT2D eigenvalue weighted by atomic mass is 9.96. The summed E-state index contributed by atoms with van der Waals surface area (Å²) in [7, 11) is 1.50. The molecule has 19 heavy (non-hydrogen) atoms. The number of halogens is 1. The van der Waals surface area contributed by atoms with Gasteiger partial charge in [-0.05, 0) is 18.9 Å². The summed E-state index contributed by atoms with van der Waals surface area (Å²) < 4.78 is 18.8. The van der Waals surface area contributed by atoms with E-state index in [0.29, 0.717) is 22.3 Å². The van der Waals surface area contributed by atoms with Crippen LogP contribution < -0.4 is 16.0 Å². The van der Waals surface area contributed by atoms with E-state index >= 15 is 0 Å². The minimum atomic E-state index is -0.374. The number of nitrogens with two attached hydrogens (primary N) is 1. The molecule has 0 radical (unpaired) electrons.